The highest BCUT2D eigenvalue weighted by Crippen LogP contribution is 2.48. The van der Waals surface area contributed by atoms with E-state index in [1.807, 2.05) is 85.8 Å². The number of para-hydroxylation sites is 1. The molecule has 544 valence electrons. The number of primary amides is 1. The van der Waals surface area contributed by atoms with Crippen molar-refractivity contribution in [2.24, 2.45) is 64.7 Å². The van der Waals surface area contributed by atoms with Gasteiger partial charge in [0.05, 0.1) is 55.4 Å². The van der Waals surface area contributed by atoms with Gasteiger partial charge in [-0.05, 0) is 110 Å². The molecule has 1 spiro atoms. The molecule has 12 N–H and O–H groups in total. The Morgan fingerprint density at radius 3 is 1.74 bits per heavy atom. The molecule has 1 aliphatic carbocycles. The number of halogens is 1. The molecule has 7 amide bonds. The van der Waals surface area contributed by atoms with Gasteiger partial charge in [0.2, 0.25) is 41.4 Å². The summed E-state index contributed by atoms with van der Waals surface area (Å²) in [7, 11) is 0. The van der Waals surface area contributed by atoms with E-state index < -0.39 is 223 Å². The molecule has 24 nitrogen and oxygen atoms in total. The monoisotopic (exact) mass is 1380 g/mol. The Morgan fingerprint density at radius 1 is 0.677 bits per heavy atom. The fraction of sp³-hybridized carbons (Fsp3) is 0.595. The second-order valence-electron chi connectivity index (χ2n) is 27.4. The number of nitrogens with two attached hydrogens (primary N) is 2. The zero-order valence-corrected chi connectivity index (χ0v) is 59.1. The number of aliphatic hydroxyl groups excluding tert-OH is 2. The van der Waals surface area contributed by atoms with E-state index in [2.05, 4.69) is 31.9 Å². The fourth-order valence-corrected chi connectivity index (χ4v) is 12.3. The molecule has 3 unspecified atom stereocenters. The maximum absolute atomic E-state index is 14.6. The van der Waals surface area contributed by atoms with Crippen molar-refractivity contribution in [2.45, 2.75) is 214 Å². The zero-order chi connectivity index (χ0) is 73.6. The number of carbonyl (C=O) groups is 12. The molecular weight excluding hydrogens is 1280 g/mol. The van der Waals surface area contributed by atoms with Gasteiger partial charge in [-0.1, -0.05) is 143 Å². The Hall–Kier alpha value is -8.29. The highest BCUT2D eigenvalue weighted by atomic mass is 19.1. The smallest absolute Gasteiger partial charge is 0.329 e. The summed E-state index contributed by atoms with van der Waals surface area (Å²) in [5.41, 5.74) is 13.0. The lowest BCUT2D eigenvalue weighted by Crippen LogP contribution is -2.57. The number of ether oxygens (including phenoxy) is 2. The summed E-state index contributed by atoms with van der Waals surface area (Å²) in [6, 6.07) is 16.6. The molecule has 18 atom stereocenters. The number of rotatable bonds is 37. The number of cyclic esters (lactones) is 1. The van der Waals surface area contributed by atoms with Crippen molar-refractivity contribution in [1.29, 1.82) is 0 Å². The molecule has 5 rings (SSSR count). The minimum atomic E-state index is -1.63. The molecule has 2 aliphatic rings. The van der Waals surface area contributed by atoms with Gasteiger partial charge >= 0.3 is 5.97 Å². The molecule has 2 fully saturated rings. The van der Waals surface area contributed by atoms with E-state index in [9.17, 15) is 72.1 Å². The van der Waals surface area contributed by atoms with E-state index in [4.69, 9.17) is 20.9 Å². The first-order valence-corrected chi connectivity index (χ1v) is 34.8. The van der Waals surface area contributed by atoms with Crippen LogP contribution in [0.15, 0.2) is 78.9 Å². The van der Waals surface area contributed by atoms with Crippen molar-refractivity contribution in [2.75, 3.05) is 13.2 Å². The molecule has 0 aromatic heterocycles. The first-order chi connectivity index (χ1) is 46.8. The van der Waals surface area contributed by atoms with Crippen molar-refractivity contribution in [3.8, 4) is 22.6 Å². The minimum absolute atomic E-state index is 0.0528. The first-order valence-electron chi connectivity index (χ1n) is 34.8. The third kappa shape index (κ3) is 23.1. The van der Waals surface area contributed by atoms with E-state index in [0.717, 1.165) is 16.7 Å². The van der Waals surface area contributed by atoms with Crippen LogP contribution in [0.3, 0.4) is 0 Å². The summed E-state index contributed by atoms with van der Waals surface area (Å²) < 4.78 is 26.0. The Balaban J connectivity index is 1.25. The molecule has 25 heteroatoms. The standard InChI is InChI=1S/C74H105FN8O16/c1-12-40(5)55(70(94)79-63(41(6)13-2)60(88)35-51(39-85)69(93)81-66-46(11)98-72(96)65(43(8)15-4)82-73(97)74(37-52(74)32-45(10)75)83-67(91)44(9)31-59(66)87)36-58(86)57(29-30-62(77)90)78-68(92)50(38-84)34-61(89)64(42(7)14-3)80-71(95)56(76)33-47-21-23-48(24-22-47)49-25-27-54(28-26-49)99-53-19-17-16-18-20-53/h16-28,40-46,50-52,55-57,63-66,84-85H,12-15,29-39,76H2,1-11H3,(H2,77,90)(H,78,92)(H,79,94)(H,80,95)(H,81,93)(H,82,97)(H,83,91)/t40-,41-,42-,43-,44+,45?,46-,50-,51-,52?,55+,56+,57+,63-,64-,65-,66+,74?/m0/s1. The van der Waals surface area contributed by atoms with Gasteiger partial charge in [0.25, 0.3) is 0 Å². The van der Waals surface area contributed by atoms with Gasteiger partial charge in [0, 0.05) is 43.9 Å². The number of amides is 7. The lowest BCUT2D eigenvalue weighted by Gasteiger charge is -2.30. The van der Waals surface area contributed by atoms with Crippen LogP contribution in [0.4, 0.5) is 4.39 Å². The SMILES string of the molecule is CC[C@H](C)[C@H](NC(=O)[C@H](N)Cc1ccc(-c2ccc(Oc3ccccc3)cc2)cc1)C(=O)C[C@@H](CO)C(=O)N[C@H](CCC(N)=O)C(=O)C[C@@H](C(=O)N[C@H](C(=O)C[C@@H](CO)C(=O)N[C@H]1C(=O)C[C@@H](C)C(=O)NC2(CC2CC(C)F)C(=O)N[C@@H]([C@@H](C)CC)C(=O)O[C@H]1C)[C@@H](C)CC)[C@@H](C)CC. The Morgan fingerprint density at radius 2 is 1.21 bits per heavy atom. The molecule has 1 heterocycles. The van der Waals surface area contributed by atoms with E-state index >= 15 is 0 Å². The van der Waals surface area contributed by atoms with Crippen LogP contribution in [0, 0.1) is 53.3 Å². The van der Waals surface area contributed by atoms with Gasteiger partial charge in [-0.2, -0.15) is 0 Å². The van der Waals surface area contributed by atoms with Crippen LogP contribution in [-0.2, 0) is 68.7 Å². The zero-order valence-electron chi connectivity index (χ0n) is 59.1. The minimum Gasteiger partial charge on any atom is -0.458 e. The number of nitrogens with one attached hydrogen (secondary N) is 6. The van der Waals surface area contributed by atoms with Gasteiger partial charge in [-0.3, -0.25) is 52.7 Å². The molecule has 1 saturated heterocycles. The number of esters is 1. The van der Waals surface area contributed by atoms with Crippen LogP contribution in [0.25, 0.3) is 11.1 Å². The number of hydrogen-bond acceptors (Lipinski definition) is 17. The number of benzene rings is 3. The predicted molar refractivity (Wildman–Crippen MR) is 368 cm³/mol. The van der Waals surface area contributed by atoms with Crippen molar-refractivity contribution < 1.29 is 81.6 Å². The van der Waals surface area contributed by atoms with Gasteiger partial charge in [-0.25, -0.2) is 9.18 Å². The first kappa shape index (κ1) is 81.4. The molecule has 99 heavy (non-hydrogen) atoms. The highest BCUT2D eigenvalue weighted by Gasteiger charge is 2.62. The highest BCUT2D eigenvalue weighted by molar-refractivity contribution is 6.01. The van der Waals surface area contributed by atoms with Crippen LogP contribution in [0.5, 0.6) is 11.5 Å². The molecule has 0 bridgehead atoms. The number of aliphatic hydroxyl groups is 2. The summed E-state index contributed by atoms with van der Waals surface area (Å²) >= 11 is 0. The van der Waals surface area contributed by atoms with E-state index in [-0.39, 0.29) is 25.7 Å². The molecule has 0 radical (unpaired) electrons. The van der Waals surface area contributed by atoms with Crippen LogP contribution < -0.4 is 48.1 Å². The number of hydrogen-bond donors (Lipinski definition) is 10. The molecule has 1 aliphatic heterocycles. The van der Waals surface area contributed by atoms with Crippen molar-refractivity contribution >= 4 is 70.5 Å². The van der Waals surface area contributed by atoms with Crippen molar-refractivity contribution in [1.82, 2.24) is 31.9 Å². The second-order valence-corrected chi connectivity index (χ2v) is 27.4. The van der Waals surface area contributed by atoms with Gasteiger partial charge in [0.15, 0.2) is 23.1 Å². The summed E-state index contributed by atoms with van der Waals surface area (Å²) in [5, 5.41) is 37.4. The van der Waals surface area contributed by atoms with Crippen molar-refractivity contribution in [3.05, 3.63) is 84.4 Å². The second kappa shape index (κ2) is 38.3. The maximum atomic E-state index is 14.6. The molecule has 1 saturated carbocycles. The van der Waals surface area contributed by atoms with Gasteiger partial charge < -0.3 is 63.1 Å². The lowest BCUT2D eigenvalue weighted by atomic mass is 9.83. The van der Waals surface area contributed by atoms with Crippen LogP contribution in [0.2, 0.25) is 0 Å². The quantitative estimate of drug-likeness (QED) is 0.0307. The van der Waals surface area contributed by atoms with E-state index in [1.165, 1.54) is 20.8 Å². The number of alkyl halides is 1. The van der Waals surface area contributed by atoms with Crippen LogP contribution in [0.1, 0.15) is 159 Å². The van der Waals surface area contributed by atoms with Crippen LogP contribution in [-0.4, -0.2) is 148 Å². The van der Waals surface area contributed by atoms with Crippen LogP contribution >= 0.6 is 0 Å². The Bertz CT molecular complexity index is 3280. The number of ketones is 4. The average molecular weight is 1380 g/mol. The fourth-order valence-electron chi connectivity index (χ4n) is 12.3. The molecule has 3 aromatic carbocycles. The lowest BCUT2D eigenvalue weighted by molar-refractivity contribution is -0.157. The van der Waals surface area contributed by atoms with E-state index in [0.29, 0.717) is 37.2 Å². The third-order valence-corrected chi connectivity index (χ3v) is 19.8. The maximum Gasteiger partial charge on any atom is 0.329 e. The predicted octanol–water partition coefficient (Wildman–Crippen LogP) is 5.76. The molecular formula is C74H105FN8O16. The summed E-state index contributed by atoms with van der Waals surface area (Å²) in [6.45, 7) is 16.1. The number of Topliss-reactive ketones (excluding diaryl/α,β-unsaturated/α-hetero) is 4. The largest absolute Gasteiger partial charge is 0.458 e. The summed E-state index contributed by atoms with van der Waals surface area (Å²) in [5.74, 6) is -15.9. The Labute approximate surface area is 580 Å². The third-order valence-electron chi connectivity index (χ3n) is 19.8. The average Bonchev–Trinajstić information content (AvgIpc) is 1.58. The van der Waals surface area contributed by atoms with E-state index in [1.54, 1.807) is 48.5 Å². The van der Waals surface area contributed by atoms with Crippen molar-refractivity contribution in [3.63, 3.8) is 0 Å². The normalized spacial score (nSPS) is 22.5. The Kier molecular flexibility index (Phi) is 31.5. The molecule has 3 aromatic rings. The topological polar surface area (TPSA) is 388 Å². The summed E-state index contributed by atoms with van der Waals surface area (Å²) in [4.78, 5) is 168. The number of carbonyl (C=O) groups excluding carboxylic acids is 12. The summed E-state index contributed by atoms with van der Waals surface area (Å²) in [6.07, 6.45) is -4.17. The van der Waals surface area contributed by atoms with Gasteiger partial charge in [0.1, 0.15) is 35.2 Å². The van der Waals surface area contributed by atoms with Gasteiger partial charge in [-0.15, -0.1) is 0 Å².